The summed E-state index contributed by atoms with van der Waals surface area (Å²) in [4.78, 5) is 15.1. The maximum absolute atomic E-state index is 12.6. The highest BCUT2D eigenvalue weighted by Gasteiger charge is 2.25. The molecule has 1 fully saturated rings. The molecule has 2 aromatic rings. The van der Waals surface area contributed by atoms with Gasteiger partial charge in [0.2, 0.25) is 5.91 Å². The SMILES string of the molecule is CC(=Cc1ccccc1)CN1CCC(C(=O)NC(C)c2ccccc2)CC1. The quantitative estimate of drug-likeness (QED) is 0.809. The van der Waals surface area contributed by atoms with E-state index in [1.165, 1.54) is 11.1 Å². The van der Waals surface area contributed by atoms with E-state index in [0.717, 1.165) is 38.0 Å². The molecule has 1 aliphatic rings. The highest BCUT2D eigenvalue weighted by Crippen LogP contribution is 2.20. The zero-order chi connectivity index (χ0) is 19.1. The van der Waals surface area contributed by atoms with Gasteiger partial charge in [-0.1, -0.05) is 72.3 Å². The molecule has 1 heterocycles. The number of nitrogens with one attached hydrogen (secondary N) is 1. The lowest BCUT2D eigenvalue weighted by atomic mass is 9.94. The Balaban J connectivity index is 1.45. The monoisotopic (exact) mass is 362 g/mol. The van der Waals surface area contributed by atoms with Crippen molar-refractivity contribution < 1.29 is 4.79 Å². The number of carbonyl (C=O) groups is 1. The second kappa shape index (κ2) is 9.52. The molecule has 3 heteroatoms. The largest absolute Gasteiger partial charge is 0.349 e. The molecule has 1 amide bonds. The van der Waals surface area contributed by atoms with Crippen LogP contribution in [0.25, 0.3) is 6.08 Å². The first-order valence-corrected chi connectivity index (χ1v) is 9.91. The van der Waals surface area contributed by atoms with Crippen molar-refractivity contribution in [3.63, 3.8) is 0 Å². The van der Waals surface area contributed by atoms with Crippen LogP contribution in [0.15, 0.2) is 66.2 Å². The molecule has 1 unspecified atom stereocenters. The third kappa shape index (κ3) is 5.80. The van der Waals surface area contributed by atoms with Crippen LogP contribution in [0.1, 0.15) is 43.9 Å². The van der Waals surface area contributed by atoms with Crippen molar-refractivity contribution in [3.05, 3.63) is 77.4 Å². The summed E-state index contributed by atoms with van der Waals surface area (Å²) in [6.45, 7) is 7.19. The Hall–Kier alpha value is -2.39. The molecular formula is C24H30N2O. The zero-order valence-corrected chi connectivity index (χ0v) is 16.4. The Morgan fingerprint density at radius 2 is 1.67 bits per heavy atom. The molecule has 0 saturated carbocycles. The molecule has 1 aliphatic heterocycles. The van der Waals surface area contributed by atoms with Crippen LogP contribution in [0.3, 0.4) is 0 Å². The molecule has 0 aromatic heterocycles. The van der Waals surface area contributed by atoms with E-state index in [0.29, 0.717) is 0 Å². The maximum atomic E-state index is 12.6. The smallest absolute Gasteiger partial charge is 0.223 e. The van der Waals surface area contributed by atoms with Gasteiger partial charge in [0.05, 0.1) is 6.04 Å². The van der Waals surface area contributed by atoms with Crippen LogP contribution in [0.4, 0.5) is 0 Å². The molecule has 3 nitrogen and oxygen atoms in total. The minimum atomic E-state index is 0.0628. The molecule has 1 N–H and O–H groups in total. The normalized spacial score (nSPS) is 17.5. The molecule has 0 bridgehead atoms. The van der Waals surface area contributed by atoms with Gasteiger partial charge in [-0.05, 0) is 50.9 Å². The van der Waals surface area contributed by atoms with Gasteiger partial charge >= 0.3 is 0 Å². The van der Waals surface area contributed by atoms with Crippen molar-refractivity contribution in [2.45, 2.75) is 32.7 Å². The second-order valence-corrected chi connectivity index (χ2v) is 7.59. The van der Waals surface area contributed by atoms with Crippen molar-refractivity contribution in [2.75, 3.05) is 19.6 Å². The third-order valence-corrected chi connectivity index (χ3v) is 5.30. The Morgan fingerprint density at radius 1 is 1.07 bits per heavy atom. The molecule has 0 radical (unpaired) electrons. The highest BCUT2D eigenvalue weighted by molar-refractivity contribution is 5.79. The molecule has 0 spiro atoms. The van der Waals surface area contributed by atoms with Gasteiger partial charge in [-0.2, -0.15) is 0 Å². The van der Waals surface area contributed by atoms with E-state index in [9.17, 15) is 4.79 Å². The summed E-state index contributed by atoms with van der Waals surface area (Å²) in [6.07, 6.45) is 4.12. The number of nitrogens with zero attached hydrogens (tertiary/aromatic N) is 1. The van der Waals surface area contributed by atoms with E-state index in [1.807, 2.05) is 24.3 Å². The predicted molar refractivity (Wildman–Crippen MR) is 112 cm³/mol. The van der Waals surface area contributed by atoms with Gasteiger partial charge in [0.15, 0.2) is 0 Å². The summed E-state index contributed by atoms with van der Waals surface area (Å²) in [7, 11) is 0. The molecular weight excluding hydrogens is 332 g/mol. The number of hydrogen-bond acceptors (Lipinski definition) is 2. The van der Waals surface area contributed by atoms with Gasteiger partial charge in [-0.15, -0.1) is 0 Å². The van der Waals surface area contributed by atoms with Gasteiger partial charge in [0.25, 0.3) is 0 Å². The first-order valence-electron chi connectivity index (χ1n) is 9.91. The van der Waals surface area contributed by atoms with Crippen LogP contribution >= 0.6 is 0 Å². The summed E-state index contributed by atoms with van der Waals surface area (Å²) in [5, 5.41) is 3.19. The summed E-state index contributed by atoms with van der Waals surface area (Å²) in [5.41, 5.74) is 3.77. The minimum absolute atomic E-state index is 0.0628. The Bertz CT molecular complexity index is 746. The number of benzene rings is 2. The standard InChI is InChI=1S/C24H30N2O/c1-19(17-21-9-5-3-6-10-21)18-26-15-13-23(14-16-26)24(27)25-20(2)22-11-7-4-8-12-22/h3-12,17,20,23H,13-16,18H2,1-2H3,(H,25,27). The number of rotatable bonds is 6. The molecule has 0 aliphatic carbocycles. The summed E-state index contributed by atoms with van der Waals surface area (Å²) < 4.78 is 0. The number of likely N-dealkylation sites (tertiary alicyclic amines) is 1. The van der Waals surface area contributed by atoms with Crippen molar-refractivity contribution in [3.8, 4) is 0 Å². The fourth-order valence-corrected chi connectivity index (χ4v) is 3.74. The van der Waals surface area contributed by atoms with E-state index in [-0.39, 0.29) is 17.9 Å². The summed E-state index contributed by atoms with van der Waals surface area (Å²) in [6, 6.07) is 20.7. The summed E-state index contributed by atoms with van der Waals surface area (Å²) >= 11 is 0. The highest BCUT2D eigenvalue weighted by atomic mass is 16.1. The lowest BCUT2D eigenvalue weighted by molar-refractivity contribution is -0.127. The van der Waals surface area contributed by atoms with Crippen LogP contribution in [-0.2, 0) is 4.79 Å². The van der Waals surface area contributed by atoms with Crippen LogP contribution in [0.2, 0.25) is 0 Å². The Labute approximate surface area is 163 Å². The van der Waals surface area contributed by atoms with Crippen LogP contribution in [0.5, 0.6) is 0 Å². The fraction of sp³-hybridized carbons (Fsp3) is 0.375. The van der Waals surface area contributed by atoms with E-state index < -0.39 is 0 Å². The molecule has 1 saturated heterocycles. The Morgan fingerprint density at radius 3 is 2.30 bits per heavy atom. The van der Waals surface area contributed by atoms with E-state index in [4.69, 9.17) is 0 Å². The van der Waals surface area contributed by atoms with Crippen molar-refractivity contribution in [2.24, 2.45) is 5.92 Å². The number of amides is 1. The molecule has 3 rings (SSSR count). The third-order valence-electron chi connectivity index (χ3n) is 5.30. The van der Waals surface area contributed by atoms with Gasteiger partial charge in [0.1, 0.15) is 0 Å². The average Bonchev–Trinajstić information content (AvgIpc) is 2.70. The van der Waals surface area contributed by atoms with Gasteiger partial charge in [-0.25, -0.2) is 0 Å². The predicted octanol–water partition coefficient (Wildman–Crippen LogP) is 4.68. The second-order valence-electron chi connectivity index (χ2n) is 7.59. The number of hydrogen-bond donors (Lipinski definition) is 1. The maximum Gasteiger partial charge on any atom is 0.223 e. The van der Waals surface area contributed by atoms with Gasteiger partial charge in [0, 0.05) is 12.5 Å². The van der Waals surface area contributed by atoms with Crippen molar-refractivity contribution in [1.82, 2.24) is 10.2 Å². The van der Waals surface area contributed by atoms with Crippen LogP contribution in [-0.4, -0.2) is 30.4 Å². The van der Waals surface area contributed by atoms with Crippen molar-refractivity contribution in [1.29, 1.82) is 0 Å². The number of piperidine rings is 1. The van der Waals surface area contributed by atoms with Gasteiger partial charge < -0.3 is 5.32 Å². The lowest BCUT2D eigenvalue weighted by Gasteiger charge is -2.32. The topological polar surface area (TPSA) is 32.3 Å². The van der Waals surface area contributed by atoms with E-state index in [1.54, 1.807) is 0 Å². The minimum Gasteiger partial charge on any atom is -0.349 e. The molecule has 27 heavy (non-hydrogen) atoms. The van der Waals surface area contributed by atoms with Crippen LogP contribution in [0, 0.1) is 5.92 Å². The lowest BCUT2D eigenvalue weighted by Crippen LogP contribution is -2.41. The number of carbonyl (C=O) groups excluding carboxylic acids is 1. The zero-order valence-electron chi connectivity index (χ0n) is 16.4. The van der Waals surface area contributed by atoms with Crippen molar-refractivity contribution >= 4 is 12.0 Å². The van der Waals surface area contributed by atoms with E-state index >= 15 is 0 Å². The molecule has 142 valence electrons. The summed E-state index contributed by atoms with van der Waals surface area (Å²) in [5.74, 6) is 0.327. The van der Waals surface area contributed by atoms with Gasteiger partial charge in [-0.3, -0.25) is 9.69 Å². The molecule has 1 atom stereocenters. The average molecular weight is 363 g/mol. The first kappa shape index (κ1) is 19.4. The van der Waals surface area contributed by atoms with Crippen LogP contribution < -0.4 is 5.32 Å². The fourth-order valence-electron chi connectivity index (χ4n) is 3.74. The Kier molecular flexibility index (Phi) is 6.83. The first-order chi connectivity index (χ1) is 13.1. The van der Waals surface area contributed by atoms with E-state index in [2.05, 4.69) is 66.5 Å². The molecule has 2 aromatic carbocycles.